The number of nitrogens with two attached hydrogens (primary N) is 2. The maximum absolute atomic E-state index is 11.4. The Hall–Kier alpha value is -2.92. The lowest BCUT2D eigenvalue weighted by atomic mass is 9.76. The molecule has 10 heteroatoms. The van der Waals surface area contributed by atoms with Gasteiger partial charge in [0.05, 0.1) is 12.0 Å². The van der Waals surface area contributed by atoms with E-state index in [2.05, 4.69) is 12.1 Å². The van der Waals surface area contributed by atoms with E-state index in [-0.39, 0.29) is 12.3 Å². The van der Waals surface area contributed by atoms with E-state index in [9.17, 15) is 30.4 Å². The summed E-state index contributed by atoms with van der Waals surface area (Å²) in [7, 11) is 0. The van der Waals surface area contributed by atoms with Crippen LogP contribution in [0.4, 0.5) is 0 Å². The molecule has 2 aromatic carbocycles. The fourth-order valence-electron chi connectivity index (χ4n) is 4.36. The molecule has 4 unspecified atom stereocenters. The number of hydrogen-bond donors (Lipinski definition) is 4. The zero-order valence-electron chi connectivity index (χ0n) is 25.1. The van der Waals surface area contributed by atoms with E-state index >= 15 is 0 Å². The second-order valence-corrected chi connectivity index (χ2v) is 12.9. The Labute approximate surface area is 238 Å². The van der Waals surface area contributed by atoms with Crippen molar-refractivity contribution in [2.45, 2.75) is 114 Å². The van der Waals surface area contributed by atoms with Crippen LogP contribution < -0.4 is 11.5 Å². The monoisotopic (exact) mass is 560 g/mol. The Balaban J connectivity index is 0.000000408. The fourth-order valence-corrected chi connectivity index (χ4v) is 4.36. The van der Waals surface area contributed by atoms with Crippen LogP contribution in [-0.4, -0.2) is 54.4 Å². The van der Waals surface area contributed by atoms with Gasteiger partial charge in [0.1, 0.15) is 6.10 Å². The van der Waals surface area contributed by atoms with Crippen molar-refractivity contribution in [1.82, 2.24) is 0 Å². The number of aliphatic hydroxyl groups is 2. The molecule has 0 fully saturated rings. The Morgan fingerprint density at radius 2 is 0.975 bits per heavy atom. The van der Waals surface area contributed by atoms with Crippen molar-refractivity contribution in [3.63, 3.8) is 0 Å². The van der Waals surface area contributed by atoms with Gasteiger partial charge in [-0.05, 0) is 51.7 Å². The van der Waals surface area contributed by atoms with Gasteiger partial charge < -0.3 is 21.7 Å². The van der Waals surface area contributed by atoms with E-state index in [1.165, 1.54) is 27.7 Å². The maximum Gasteiger partial charge on any atom is 0.242 e. The van der Waals surface area contributed by atoms with Crippen molar-refractivity contribution in [1.29, 1.82) is 0 Å². The number of nitrogens with zero attached hydrogens (tertiary/aromatic N) is 2. The molecule has 0 aliphatic carbocycles. The molecule has 0 saturated heterocycles. The summed E-state index contributed by atoms with van der Waals surface area (Å²) >= 11 is 0. The SMILES string of the molecule is CC(C)(C(O)CC(c1ccccc1)C(C)(C)[N+](=O)[O-])[N+](=O)[O-].CC(C)(N)C(O)CC(c1ccccc1)C(C)(C)N. The zero-order chi connectivity index (χ0) is 31.1. The van der Waals surface area contributed by atoms with E-state index in [1.807, 2.05) is 45.9 Å². The molecule has 0 aromatic heterocycles. The number of nitro groups is 2. The Bertz CT molecular complexity index is 1080. The first-order valence-corrected chi connectivity index (χ1v) is 13.5. The van der Waals surface area contributed by atoms with Gasteiger partial charge in [0.15, 0.2) is 0 Å². The van der Waals surface area contributed by atoms with Gasteiger partial charge in [-0.25, -0.2) is 0 Å². The Morgan fingerprint density at radius 1 is 0.625 bits per heavy atom. The summed E-state index contributed by atoms with van der Waals surface area (Å²) in [6.45, 7) is 13.2. The average Bonchev–Trinajstić information content (AvgIpc) is 2.85. The van der Waals surface area contributed by atoms with E-state index in [0.29, 0.717) is 12.0 Å². The van der Waals surface area contributed by atoms with Gasteiger partial charge >= 0.3 is 0 Å². The minimum absolute atomic E-state index is 0.0635. The van der Waals surface area contributed by atoms with Crippen molar-refractivity contribution < 1.29 is 20.1 Å². The van der Waals surface area contributed by atoms with Gasteiger partial charge in [-0.2, -0.15) is 0 Å². The quantitative estimate of drug-likeness (QED) is 0.214. The van der Waals surface area contributed by atoms with E-state index in [1.54, 1.807) is 30.3 Å². The predicted octanol–water partition coefficient (Wildman–Crippen LogP) is 4.63. The molecule has 2 aromatic rings. The van der Waals surface area contributed by atoms with Crippen molar-refractivity contribution in [2.24, 2.45) is 11.5 Å². The smallest absolute Gasteiger partial charge is 0.242 e. The molecule has 4 atom stereocenters. The van der Waals surface area contributed by atoms with Gasteiger partial charge in [0, 0.05) is 54.5 Å². The lowest BCUT2D eigenvalue weighted by molar-refractivity contribution is -0.578. The summed E-state index contributed by atoms with van der Waals surface area (Å²) in [5.41, 5.74) is 10.1. The molecule has 0 radical (unpaired) electrons. The molecule has 10 nitrogen and oxygen atoms in total. The third-order valence-electron chi connectivity index (χ3n) is 7.69. The van der Waals surface area contributed by atoms with Crippen molar-refractivity contribution in [3.05, 3.63) is 92.0 Å². The third kappa shape index (κ3) is 9.62. The molecule has 0 amide bonds. The first-order chi connectivity index (χ1) is 18.1. The third-order valence-corrected chi connectivity index (χ3v) is 7.69. The molecule has 0 saturated carbocycles. The topological polar surface area (TPSA) is 179 Å². The highest BCUT2D eigenvalue weighted by atomic mass is 16.6. The van der Waals surface area contributed by atoms with E-state index < -0.39 is 50.1 Å². The standard InChI is InChI=1S/C15H22N2O5.C15H26N2O/c1-14(2,16(19)20)12(11-8-6-5-7-9-11)10-13(18)15(3,4)17(21)22;1-14(2,16)12(10-13(18)15(3,4)17)11-8-6-5-7-9-11/h5-9,12-13,18H,10H2,1-4H3;5-9,12-13,18H,10,16-17H2,1-4H3. The van der Waals surface area contributed by atoms with Crippen LogP contribution in [0.3, 0.4) is 0 Å². The average molecular weight is 561 g/mol. The second kappa shape index (κ2) is 13.6. The molecule has 0 bridgehead atoms. The van der Waals surface area contributed by atoms with Gasteiger partial charge in [0.25, 0.3) is 0 Å². The lowest BCUT2D eigenvalue weighted by Gasteiger charge is -2.36. The molecule has 0 aliphatic heterocycles. The van der Waals surface area contributed by atoms with Gasteiger partial charge in [-0.3, -0.25) is 20.2 Å². The number of benzene rings is 2. The van der Waals surface area contributed by atoms with Crippen molar-refractivity contribution in [3.8, 4) is 0 Å². The molecular formula is C30H48N4O6. The van der Waals surface area contributed by atoms with Crippen LogP contribution >= 0.6 is 0 Å². The van der Waals surface area contributed by atoms with Gasteiger partial charge in [0.2, 0.25) is 11.1 Å². The number of hydrogen-bond acceptors (Lipinski definition) is 8. The highest BCUT2D eigenvalue weighted by molar-refractivity contribution is 5.24. The van der Waals surface area contributed by atoms with E-state index in [4.69, 9.17) is 11.5 Å². The molecule has 0 spiro atoms. The van der Waals surface area contributed by atoms with Gasteiger partial charge in [-0.1, -0.05) is 60.7 Å². The molecule has 6 N–H and O–H groups in total. The summed E-state index contributed by atoms with van der Waals surface area (Å²) in [4.78, 5) is 21.5. The van der Waals surface area contributed by atoms with Crippen LogP contribution in [0.25, 0.3) is 0 Å². The molecular weight excluding hydrogens is 512 g/mol. The molecule has 2 rings (SSSR count). The largest absolute Gasteiger partial charge is 0.391 e. The molecule has 40 heavy (non-hydrogen) atoms. The normalized spacial score (nSPS) is 15.7. The van der Waals surface area contributed by atoms with Gasteiger partial charge in [-0.15, -0.1) is 0 Å². The van der Waals surface area contributed by atoms with Crippen LogP contribution in [0.2, 0.25) is 0 Å². The van der Waals surface area contributed by atoms with Crippen LogP contribution in [0.1, 0.15) is 91.2 Å². The summed E-state index contributed by atoms with van der Waals surface area (Å²) in [6, 6.07) is 18.8. The van der Waals surface area contributed by atoms with E-state index in [0.717, 1.165) is 5.56 Å². The minimum Gasteiger partial charge on any atom is -0.391 e. The highest BCUT2D eigenvalue weighted by Gasteiger charge is 2.48. The number of rotatable bonds is 12. The highest BCUT2D eigenvalue weighted by Crippen LogP contribution is 2.37. The molecule has 224 valence electrons. The fraction of sp³-hybridized carbons (Fsp3) is 0.600. The second-order valence-electron chi connectivity index (χ2n) is 12.9. The Kier molecular flexibility index (Phi) is 12.0. The number of aliphatic hydroxyl groups excluding tert-OH is 2. The molecule has 0 heterocycles. The van der Waals surface area contributed by atoms with Crippen molar-refractivity contribution in [2.75, 3.05) is 0 Å². The first kappa shape index (κ1) is 35.1. The summed E-state index contributed by atoms with van der Waals surface area (Å²) in [5, 5.41) is 42.9. The zero-order valence-corrected chi connectivity index (χ0v) is 25.1. The minimum atomic E-state index is -1.57. The lowest BCUT2D eigenvalue weighted by Crippen LogP contribution is -2.49. The summed E-state index contributed by atoms with van der Waals surface area (Å²) in [6.07, 6.45) is -1.37. The van der Waals surface area contributed by atoms with Crippen molar-refractivity contribution >= 4 is 0 Å². The van der Waals surface area contributed by atoms with Crippen LogP contribution in [0.15, 0.2) is 60.7 Å². The maximum atomic E-state index is 11.4. The first-order valence-electron chi connectivity index (χ1n) is 13.5. The summed E-state index contributed by atoms with van der Waals surface area (Å²) < 4.78 is 0. The van der Waals surface area contributed by atoms with Crippen LogP contribution in [-0.2, 0) is 0 Å². The van der Waals surface area contributed by atoms with Crippen LogP contribution in [0, 0.1) is 20.2 Å². The Morgan fingerprint density at radius 3 is 1.30 bits per heavy atom. The summed E-state index contributed by atoms with van der Waals surface area (Å²) in [5.74, 6) is -0.561. The predicted molar refractivity (Wildman–Crippen MR) is 158 cm³/mol. The molecule has 0 aliphatic rings. The van der Waals surface area contributed by atoms with Crippen LogP contribution in [0.5, 0.6) is 0 Å².